The number of para-hydroxylation sites is 1. The second kappa shape index (κ2) is 5.98. The van der Waals surface area contributed by atoms with Crippen molar-refractivity contribution in [1.82, 2.24) is 0 Å². The summed E-state index contributed by atoms with van der Waals surface area (Å²) in [4.78, 5) is 0.353. The van der Waals surface area contributed by atoms with E-state index < -0.39 is 0 Å². The molecule has 0 aliphatic rings. The van der Waals surface area contributed by atoms with Gasteiger partial charge in [0.2, 0.25) is 0 Å². The van der Waals surface area contributed by atoms with Crippen LogP contribution >= 0.6 is 12.2 Å². The predicted octanol–water partition coefficient (Wildman–Crippen LogP) is 2.51. The van der Waals surface area contributed by atoms with Crippen molar-refractivity contribution < 1.29 is 9.47 Å². The first-order valence-corrected chi connectivity index (χ1v) is 5.94. The molecule has 0 unspecified atom stereocenters. The molecule has 1 rings (SSSR count). The molecular formula is C13H19NO2S. The Labute approximate surface area is 108 Å². The zero-order valence-electron chi connectivity index (χ0n) is 10.5. The maximum atomic E-state index is 5.69. The number of methoxy groups -OCH3 is 1. The molecule has 1 aromatic rings. The van der Waals surface area contributed by atoms with Crippen LogP contribution in [-0.4, -0.2) is 24.3 Å². The molecule has 0 radical (unpaired) electrons. The molecule has 0 saturated heterocycles. The van der Waals surface area contributed by atoms with Crippen molar-refractivity contribution in [2.24, 2.45) is 5.73 Å². The molecule has 1 aromatic carbocycles. The number of thiocarbonyl (C=S) groups is 1. The first-order chi connectivity index (χ1) is 7.96. The van der Waals surface area contributed by atoms with Crippen LogP contribution in [0.4, 0.5) is 0 Å². The molecule has 0 saturated carbocycles. The zero-order chi connectivity index (χ0) is 12.9. The molecule has 0 amide bonds. The number of benzene rings is 1. The van der Waals surface area contributed by atoms with Gasteiger partial charge in [0, 0.05) is 13.5 Å². The van der Waals surface area contributed by atoms with Crippen LogP contribution in [0.15, 0.2) is 24.3 Å². The van der Waals surface area contributed by atoms with Gasteiger partial charge in [-0.2, -0.15) is 0 Å². The molecule has 0 spiro atoms. The topological polar surface area (TPSA) is 44.5 Å². The fourth-order valence-corrected chi connectivity index (χ4v) is 1.47. The highest BCUT2D eigenvalue weighted by Gasteiger charge is 2.16. The lowest BCUT2D eigenvalue weighted by atomic mass is 10.1. The molecule has 4 heteroatoms. The molecule has 0 atom stereocenters. The fraction of sp³-hybridized carbons (Fsp3) is 0.462. The number of hydrogen-bond acceptors (Lipinski definition) is 3. The number of ether oxygens (including phenoxy) is 2. The van der Waals surface area contributed by atoms with Crippen molar-refractivity contribution in [3.8, 4) is 5.75 Å². The van der Waals surface area contributed by atoms with Gasteiger partial charge in [-0.05, 0) is 26.0 Å². The van der Waals surface area contributed by atoms with Gasteiger partial charge < -0.3 is 15.2 Å². The van der Waals surface area contributed by atoms with Gasteiger partial charge in [-0.3, -0.25) is 0 Å². The highest BCUT2D eigenvalue weighted by molar-refractivity contribution is 7.80. The lowest BCUT2D eigenvalue weighted by Crippen LogP contribution is -2.25. The van der Waals surface area contributed by atoms with Crippen LogP contribution in [0.5, 0.6) is 5.75 Å². The molecule has 0 bridgehead atoms. The minimum atomic E-state index is -0.182. The van der Waals surface area contributed by atoms with E-state index in [1.54, 1.807) is 7.11 Å². The number of nitrogens with two attached hydrogens (primary N) is 1. The average Bonchev–Trinajstić information content (AvgIpc) is 2.29. The molecule has 3 nitrogen and oxygen atoms in total. The van der Waals surface area contributed by atoms with Crippen LogP contribution in [-0.2, 0) is 4.74 Å². The summed E-state index contributed by atoms with van der Waals surface area (Å²) in [6, 6.07) is 7.52. The monoisotopic (exact) mass is 253 g/mol. The van der Waals surface area contributed by atoms with E-state index in [0.29, 0.717) is 11.6 Å². The van der Waals surface area contributed by atoms with Gasteiger partial charge >= 0.3 is 0 Å². The Balaban J connectivity index is 2.61. The summed E-state index contributed by atoms with van der Waals surface area (Å²) < 4.78 is 11.0. The van der Waals surface area contributed by atoms with E-state index in [2.05, 4.69) is 0 Å². The third-order valence-electron chi connectivity index (χ3n) is 2.67. The first-order valence-electron chi connectivity index (χ1n) is 5.53. The average molecular weight is 253 g/mol. The Bertz CT molecular complexity index is 391. The standard InChI is InChI=1S/C13H19NO2S/c1-13(2,15-3)8-9-16-11-7-5-4-6-10(11)12(14)17/h4-7H,8-9H2,1-3H3,(H2,14,17). The Morgan fingerprint density at radius 1 is 1.35 bits per heavy atom. The second-order valence-corrected chi connectivity index (χ2v) is 4.86. The zero-order valence-corrected chi connectivity index (χ0v) is 11.3. The van der Waals surface area contributed by atoms with Crippen LogP contribution in [0.2, 0.25) is 0 Å². The molecule has 17 heavy (non-hydrogen) atoms. The van der Waals surface area contributed by atoms with Crippen LogP contribution in [0, 0.1) is 0 Å². The van der Waals surface area contributed by atoms with E-state index in [1.165, 1.54) is 0 Å². The van der Waals surface area contributed by atoms with E-state index in [1.807, 2.05) is 38.1 Å². The van der Waals surface area contributed by atoms with Crippen molar-refractivity contribution in [2.45, 2.75) is 25.9 Å². The van der Waals surface area contributed by atoms with Crippen molar-refractivity contribution >= 4 is 17.2 Å². The lowest BCUT2D eigenvalue weighted by Gasteiger charge is -2.23. The van der Waals surface area contributed by atoms with Gasteiger partial charge in [0.15, 0.2) is 0 Å². The highest BCUT2D eigenvalue weighted by atomic mass is 32.1. The van der Waals surface area contributed by atoms with Gasteiger partial charge in [0.25, 0.3) is 0 Å². The maximum absolute atomic E-state index is 5.69. The van der Waals surface area contributed by atoms with Crippen LogP contribution in [0.1, 0.15) is 25.8 Å². The number of hydrogen-bond donors (Lipinski definition) is 1. The summed E-state index contributed by atoms with van der Waals surface area (Å²) in [7, 11) is 1.70. The van der Waals surface area contributed by atoms with E-state index in [0.717, 1.165) is 17.7 Å². The van der Waals surface area contributed by atoms with Crippen LogP contribution in [0.3, 0.4) is 0 Å². The van der Waals surface area contributed by atoms with Gasteiger partial charge in [0.05, 0.1) is 17.8 Å². The molecule has 0 aliphatic heterocycles. The van der Waals surface area contributed by atoms with Crippen molar-refractivity contribution in [3.63, 3.8) is 0 Å². The first kappa shape index (κ1) is 13.9. The minimum Gasteiger partial charge on any atom is -0.493 e. The maximum Gasteiger partial charge on any atom is 0.129 e. The SMILES string of the molecule is COC(C)(C)CCOc1ccccc1C(N)=S. The van der Waals surface area contributed by atoms with Crippen molar-refractivity contribution in [2.75, 3.05) is 13.7 Å². The largest absolute Gasteiger partial charge is 0.493 e. The molecule has 94 valence electrons. The van der Waals surface area contributed by atoms with Gasteiger partial charge in [0.1, 0.15) is 10.7 Å². The summed E-state index contributed by atoms with van der Waals surface area (Å²) >= 11 is 4.97. The second-order valence-electron chi connectivity index (χ2n) is 4.42. The van der Waals surface area contributed by atoms with E-state index in [-0.39, 0.29) is 5.60 Å². The number of rotatable bonds is 6. The van der Waals surface area contributed by atoms with E-state index in [9.17, 15) is 0 Å². The van der Waals surface area contributed by atoms with Crippen LogP contribution < -0.4 is 10.5 Å². The third kappa shape index (κ3) is 4.32. The predicted molar refractivity (Wildman–Crippen MR) is 73.5 cm³/mol. The fourth-order valence-electron chi connectivity index (χ4n) is 1.30. The summed E-state index contributed by atoms with van der Waals surface area (Å²) in [6.45, 7) is 4.62. The van der Waals surface area contributed by atoms with Gasteiger partial charge in [-0.15, -0.1) is 0 Å². The van der Waals surface area contributed by atoms with E-state index in [4.69, 9.17) is 27.4 Å². The molecule has 0 aliphatic carbocycles. The van der Waals surface area contributed by atoms with Crippen molar-refractivity contribution in [1.29, 1.82) is 0 Å². The Hall–Kier alpha value is -1.13. The Morgan fingerprint density at radius 2 is 2.00 bits per heavy atom. The lowest BCUT2D eigenvalue weighted by molar-refractivity contribution is 0.00544. The molecule has 0 heterocycles. The molecule has 0 aromatic heterocycles. The Kier molecular flexibility index (Phi) is 4.90. The van der Waals surface area contributed by atoms with Crippen LogP contribution in [0.25, 0.3) is 0 Å². The van der Waals surface area contributed by atoms with Crippen molar-refractivity contribution in [3.05, 3.63) is 29.8 Å². The quantitative estimate of drug-likeness (QED) is 0.791. The summed E-state index contributed by atoms with van der Waals surface area (Å²) in [5, 5.41) is 0. The van der Waals surface area contributed by atoms with Gasteiger partial charge in [-0.1, -0.05) is 24.4 Å². The summed E-state index contributed by atoms with van der Waals surface area (Å²) in [5.41, 5.74) is 6.22. The molecule has 2 N–H and O–H groups in total. The Morgan fingerprint density at radius 3 is 2.59 bits per heavy atom. The third-order valence-corrected chi connectivity index (χ3v) is 2.89. The highest BCUT2D eigenvalue weighted by Crippen LogP contribution is 2.19. The minimum absolute atomic E-state index is 0.182. The molecule has 0 fully saturated rings. The summed E-state index contributed by atoms with van der Waals surface area (Å²) in [6.07, 6.45) is 0.801. The molecular weight excluding hydrogens is 234 g/mol. The summed E-state index contributed by atoms with van der Waals surface area (Å²) in [5.74, 6) is 0.729. The van der Waals surface area contributed by atoms with E-state index >= 15 is 0 Å². The smallest absolute Gasteiger partial charge is 0.129 e. The normalized spacial score (nSPS) is 11.2. The van der Waals surface area contributed by atoms with Gasteiger partial charge in [-0.25, -0.2) is 0 Å².